The van der Waals surface area contributed by atoms with Crippen LogP contribution in [0.3, 0.4) is 0 Å². The molecule has 0 aliphatic carbocycles. The molecular formula is C10H15FN2O. The van der Waals surface area contributed by atoms with Crippen LogP contribution in [0.25, 0.3) is 0 Å². The summed E-state index contributed by atoms with van der Waals surface area (Å²) in [6.07, 6.45) is -0.206. The van der Waals surface area contributed by atoms with E-state index in [9.17, 15) is 9.50 Å². The molecule has 0 fully saturated rings. The predicted octanol–water partition coefficient (Wildman–Crippen LogP) is 1.18. The highest BCUT2D eigenvalue weighted by atomic mass is 19.1. The minimum absolute atomic E-state index is 0.0750. The summed E-state index contributed by atoms with van der Waals surface area (Å²) in [5, 5.41) is 9.67. The van der Waals surface area contributed by atoms with Crippen molar-refractivity contribution in [3.8, 4) is 0 Å². The van der Waals surface area contributed by atoms with Gasteiger partial charge in [-0.25, -0.2) is 4.39 Å². The van der Waals surface area contributed by atoms with Crippen LogP contribution in [0, 0.1) is 5.82 Å². The Kier molecular flexibility index (Phi) is 3.43. The molecule has 1 aromatic carbocycles. The van der Waals surface area contributed by atoms with Gasteiger partial charge in [0.1, 0.15) is 5.82 Å². The molecule has 0 unspecified atom stereocenters. The van der Waals surface area contributed by atoms with E-state index in [4.69, 9.17) is 11.5 Å². The first kappa shape index (κ1) is 10.9. The van der Waals surface area contributed by atoms with Crippen molar-refractivity contribution >= 4 is 5.69 Å². The third-order valence-corrected chi connectivity index (χ3v) is 2.24. The summed E-state index contributed by atoms with van der Waals surface area (Å²) in [5.41, 5.74) is 11.5. The molecular weight excluding hydrogens is 183 g/mol. The first-order valence-electron chi connectivity index (χ1n) is 4.54. The number of aliphatic hydroxyl groups is 1. The Balaban J connectivity index is 2.91. The number of halogens is 1. The number of nitrogen functional groups attached to an aromatic ring is 1. The zero-order chi connectivity index (χ0) is 10.7. The molecule has 14 heavy (non-hydrogen) atoms. The van der Waals surface area contributed by atoms with Gasteiger partial charge in [-0.05, 0) is 24.1 Å². The smallest absolute Gasteiger partial charge is 0.146 e. The number of hydrogen-bond acceptors (Lipinski definition) is 3. The van der Waals surface area contributed by atoms with Gasteiger partial charge in [0, 0.05) is 6.04 Å². The van der Waals surface area contributed by atoms with Crippen LogP contribution in [0.15, 0.2) is 18.2 Å². The van der Waals surface area contributed by atoms with Crippen LogP contribution in [-0.2, 0) is 0 Å². The maximum absolute atomic E-state index is 13.0. The summed E-state index contributed by atoms with van der Waals surface area (Å²) in [6.45, 7) is 1.86. The van der Waals surface area contributed by atoms with Crippen LogP contribution >= 0.6 is 0 Å². The number of benzene rings is 1. The lowest BCUT2D eigenvalue weighted by Gasteiger charge is -2.17. The van der Waals surface area contributed by atoms with E-state index >= 15 is 0 Å². The van der Waals surface area contributed by atoms with Crippen LogP contribution < -0.4 is 11.5 Å². The Morgan fingerprint density at radius 3 is 2.64 bits per heavy atom. The number of aliphatic hydroxyl groups excluding tert-OH is 1. The lowest BCUT2D eigenvalue weighted by molar-refractivity contribution is 0.144. The standard InChI is InChI=1S/C10H15FN2O/c1-2-8(12)10(14)6-3-4-9(13)7(11)5-6/h3-5,8,10,14H,2,12-13H2,1H3/t8-,10+/m1/s1. The lowest BCUT2D eigenvalue weighted by atomic mass is 10.0. The molecule has 1 rings (SSSR count). The Morgan fingerprint density at radius 1 is 1.50 bits per heavy atom. The Bertz CT molecular complexity index is 317. The number of nitrogens with two attached hydrogens (primary N) is 2. The van der Waals surface area contributed by atoms with Crippen molar-refractivity contribution in [2.45, 2.75) is 25.5 Å². The molecule has 0 saturated heterocycles. The van der Waals surface area contributed by atoms with Crippen LogP contribution in [0.5, 0.6) is 0 Å². The molecule has 0 aliphatic rings. The second-order valence-corrected chi connectivity index (χ2v) is 3.30. The van der Waals surface area contributed by atoms with Crippen molar-refractivity contribution < 1.29 is 9.50 Å². The zero-order valence-electron chi connectivity index (χ0n) is 8.07. The molecule has 5 N–H and O–H groups in total. The van der Waals surface area contributed by atoms with E-state index in [0.29, 0.717) is 12.0 Å². The highest BCUT2D eigenvalue weighted by molar-refractivity contribution is 5.42. The van der Waals surface area contributed by atoms with Crippen molar-refractivity contribution in [3.05, 3.63) is 29.6 Å². The van der Waals surface area contributed by atoms with Gasteiger partial charge < -0.3 is 16.6 Å². The third-order valence-electron chi connectivity index (χ3n) is 2.24. The van der Waals surface area contributed by atoms with Crippen molar-refractivity contribution in [1.29, 1.82) is 0 Å². The number of hydrogen-bond donors (Lipinski definition) is 3. The van der Waals surface area contributed by atoms with Gasteiger partial charge in [0.2, 0.25) is 0 Å². The normalized spacial score (nSPS) is 15.1. The monoisotopic (exact) mass is 198 g/mol. The van der Waals surface area contributed by atoms with Crippen LogP contribution in [0.4, 0.5) is 10.1 Å². The van der Waals surface area contributed by atoms with Gasteiger partial charge in [-0.2, -0.15) is 0 Å². The van der Waals surface area contributed by atoms with Gasteiger partial charge in [-0.3, -0.25) is 0 Å². The molecule has 3 nitrogen and oxygen atoms in total. The molecule has 0 radical (unpaired) electrons. The Morgan fingerprint density at radius 2 is 2.14 bits per heavy atom. The molecule has 4 heteroatoms. The second kappa shape index (κ2) is 4.39. The summed E-state index contributed by atoms with van der Waals surface area (Å²) in [4.78, 5) is 0. The van der Waals surface area contributed by atoms with Crippen LogP contribution in [0.2, 0.25) is 0 Å². The first-order chi connectivity index (χ1) is 6.56. The number of anilines is 1. The molecule has 0 bridgehead atoms. The van der Waals surface area contributed by atoms with Crippen LogP contribution in [0.1, 0.15) is 25.0 Å². The van der Waals surface area contributed by atoms with Crippen molar-refractivity contribution in [2.24, 2.45) is 5.73 Å². The SMILES string of the molecule is CC[C@@H](N)[C@@H](O)c1ccc(N)c(F)c1. The molecule has 0 aliphatic heterocycles. The van der Waals surface area contributed by atoms with Crippen LogP contribution in [-0.4, -0.2) is 11.1 Å². The largest absolute Gasteiger partial charge is 0.396 e. The molecule has 0 aromatic heterocycles. The molecule has 78 valence electrons. The summed E-state index contributed by atoms with van der Waals surface area (Å²) >= 11 is 0. The predicted molar refractivity (Wildman–Crippen MR) is 54.0 cm³/mol. The van der Waals surface area contributed by atoms with E-state index in [1.165, 1.54) is 12.1 Å². The van der Waals surface area contributed by atoms with E-state index in [0.717, 1.165) is 0 Å². The zero-order valence-corrected chi connectivity index (χ0v) is 8.07. The molecule has 2 atom stereocenters. The van der Waals surface area contributed by atoms with E-state index in [1.54, 1.807) is 6.07 Å². The molecule has 0 spiro atoms. The maximum atomic E-state index is 13.0. The molecule has 1 aromatic rings. The topological polar surface area (TPSA) is 72.3 Å². The maximum Gasteiger partial charge on any atom is 0.146 e. The van der Waals surface area contributed by atoms with E-state index < -0.39 is 11.9 Å². The van der Waals surface area contributed by atoms with Gasteiger partial charge in [0.25, 0.3) is 0 Å². The Hall–Kier alpha value is -1.13. The third kappa shape index (κ3) is 2.21. The van der Waals surface area contributed by atoms with Gasteiger partial charge in [0.05, 0.1) is 11.8 Å². The van der Waals surface area contributed by atoms with Gasteiger partial charge in [0.15, 0.2) is 0 Å². The van der Waals surface area contributed by atoms with Crippen molar-refractivity contribution in [3.63, 3.8) is 0 Å². The highest BCUT2D eigenvalue weighted by Gasteiger charge is 2.15. The number of rotatable bonds is 3. The second-order valence-electron chi connectivity index (χ2n) is 3.30. The van der Waals surface area contributed by atoms with E-state index in [2.05, 4.69) is 0 Å². The fourth-order valence-corrected chi connectivity index (χ4v) is 1.20. The van der Waals surface area contributed by atoms with Gasteiger partial charge >= 0.3 is 0 Å². The van der Waals surface area contributed by atoms with Crippen molar-refractivity contribution in [2.75, 3.05) is 5.73 Å². The fourth-order valence-electron chi connectivity index (χ4n) is 1.20. The summed E-state index contributed by atoms with van der Waals surface area (Å²) in [7, 11) is 0. The minimum atomic E-state index is -0.838. The minimum Gasteiger partial charge on any atom is -0.396 e. The summed E-state index contributed by atoms with van der Waals surface area (Å²) in [6, 6.07) is 3.85. The lowest BCUT2D eigenvalue weighted by Crippen LogP contribution is -2.27. The van der Waals surface area contributed by atoms with E-state index in [-0.39, 0.29) is 11.7 Å². The average Bonchev–Trinajstić information content (AvgIpc) is 2.20. The molecule has 0 saturated carbocycles. The van der Waals surface area contributed by atoms with Crippen molar-refractivity contribution in [1.82, 2.24) is 0 Å². The van der Waals surface area contributed by atoms with Gasteiger partial charge in [-0.1, -0.05) is 13.0 Å². The average molecular weight is 198 g/mol. The fraction of sp³-hybridized carbons (Fsp3) is 0.400. The van der Waals surface area contributed by atoms with E-state index in [1.807, 2.05) is 6.92 Å². The molecule has 0 amide bonds. The Labute approximate surface area is 82.5 Å². The quantitative estimate of drug-likeness (QED) is 0.638. The first-order valence-corrected chi connectivity index (χ1v) is 4.54. The van der Waals surface area contributed by atoms with Gasteiger partial charge in [-0.15, -0.1) is 0 Å². The highest BCUT2D eigenvalue weighted by Crippen LogP contribution is 2.20. The summed E-state index contributed by atoms with van der Waals surface area (Å²) in [5.74, 6) is -0.523. The molecule has 0 heterocycles. The summed E-state index contributed by atoms with van der Waals surface area (Å²) < 4.78 is 13.0.